The molecule has 0 saturated carbocycles. The minimum atomic E-state index is 0.0254. The Morgan fingerprint density at radius 1 is 1.43 bits per heavy atom. The third kappa shape index (κ3) is 2.69. The van der Waals surface area contributed by atoms with Gasteiger partial charge in [-0.05, 0) is 19.1 Å². The average Bonchev–Trinajstić information content (AvgIpc) is 2.15. The van der Waals surface area contributed by atoms with Crippen LogP contribution in [-0.4, -0.2) is 29.8 Å². The minimum Gasteiger partial charge on any atom is -0.383 e. The predicted molar refractivity (Wildman–Crippen MR) is 56.6 cm³/mol. The first-order valence-electron chi connectivity index (χ1n) is 4.42. The van der Waals surface area contributed by atoms with Crippen molar-refractivity contribution in [3.8, 4) is 0 Å². The lowest BCUT2D eigenvalue weighted by molar-refractivity contribution is -0.111. The zero-order chi connectivity index (χ0) is 10.6. The van der Waals surface area contributed by atoms with E-state index in [0.29, 0.717) is 11.3 Å². The molecule has 0 aliphatic carbocycles. The van der Waals surface area contributed by atoms with Crippen molar-refractivity contribution in [2.45, 2.75) is 6.92 Å². The summed E-state index contributed by atoms with van der Waals surface area (Å²) in [5.74, 6) is 0.0254. The van der Waals surface area contributed by atoms with Crippen LogP contribution in [0.5, 0.6) is 0 Å². The van der Waals surface area contributed by atoms with Gasteiger partial charge in [0.05, 0.1) is 11.3 Å². The van der Waals surface area contributed by atoms with Gasteiger partial charge in [0.2, 0.25) is 0 Å². The maximum absolute atomic E-state index is 11.3. The largest absolute Gasteiger partial charge is 0.383 e. The zero-order valence-electron chi connectivity index (χ0n) is 8.69. The predicted octanol–water partition coefficient (Wildman–Crippen LogP) is 1.57. The number of pyridine rings is 1. The highest BCUT2D eigenvalue weighted by Crippen LogP contribution is 2.12. The van der Waals surface area contributed by atoms with E-state index in [1.54, 1.807) is 19.3 Å². The molecule has 0 aliphatic heterocycles. The van der Waals surface area contributed by atoms with Gasteiger partial charge in [0.1, 0.15) is 0 Å². The monoisotopic (exact) mass is 190 g/mol. The van der Waals surface area contributed by atoms with Crippen molar-refractivity contribution >= 4 is 11.4 Å². The Kier molecular flexibility index (Phi) is 3.40. The second-order valence-corrected chi connectivity index (χ2v) is 3.28. The van der Waals surface area contributed by atoms with Crippen molar-refractivity contribution in [3.63, 3.8) is 0 Å². The molecule has 0 unspecified atom stereocenters. The first-order valence-corrected chi connectivity index (χ1v) is 4.42. The van der Waals surface area contributed by atoms with Gasteiger partial charge in [-0.1, -0.05) is 6.07 Å². The highest BCUT2D eigenvalue weighted by Gasteiger charge is 2.07. The van der Waals surface area contributed by atoms with Crippen LogP contribution in [0.2, 0.25) is 0 Å². The van der Waals surface area contributed by atoms with E-state index < -0.39 is 0 Å². The minimum absolute atomic E-state index is 0.0254. The van der Waals surface area contributed by atoms with E-state index in [1.165, 1.54) is 0 Å². The SMILES string of the molecule is CC(=O)C(=CN(C)C)c1ccccn1. The summed E-state index contributed by atoms with van der Waals surface area (Å²) >= 11 is 0. The van der Waals surface area contributed by atoms with Crippen LogP contribution in [0.25, 0.3) is 5.57 Å². The Morgan fingerprint density at radius 2 is 2.14 bits per heavy atom. The Balaban J connectivity index is 3.08. The Bertz CT molecular complexity index is 342. The van der Waals surface area contributed by atoms with Crippen LogP contribution >= 0.6 is 0 Å². The van der Waals surface area contributed by atoms with E-state index in [9.17, 15) is 4.79 Å². The van der Waals surface area contributed by atoms with Crippen molar-refractivity contribution < 1.29 is 4.79 Å². The van der Waals surface area contributed by atoms with Crippen LogP contribution in [0.15, 0.2) is 30.6 Å². The third-order valence-electron chi connectivity index (χ3n) is 1.71. The molecule has 3 heteroatoms. The fraction of sp³-hybridized carbons (Fsp3) is 0.273. The van der Waals surface area contributed by atoms with Gasteiger partial charge in [0, 0.05) is 26.5 Å². The molecule has 74 valence electrons. The molecule has 0 spiro atoms. The molecule has 0 N–H and O–H groups in total. The number of ketones is 1. The number of carbonyl (C=O) groups is 1. The van der Waals surface area contributed by atoms with E-state index in [-0.39, 0.29) is 5.78 Å². The maximum atomic E-state index is 11.3. The normalized spacial score (nSPS) is 11.2. The van der Waals surface area contributed by atoms with Crippen LogP contribution in [0.4, 0.5) is 0 Å². The number of carbonyl (C=O) groups excluding carboxylic acids is 1. The summed E-state index contributed by atoms with van der Waals surface area (Å²) in [5, 5.41) is 0. The summed E-state index contributed by atoms with van der Waals surface area (Å²) in [7, 11) is 3.76. The second-order valence-electron chi connectivity index (χ2n) is 3.28. The lowest BCUT2D eigenvalue weighted by Gasteiger charge is -2.08. The lowest BCUT2D eigenvalue weighted by atomic mass is 10.1. The molecule has 0 amide bonds. The molecule has 1 heterocycles. The molecule has 0 atom stereocenters. The number of aromatic nitrogens is 1. The molecule has 14 heavy (non-hydrogen) atoms. The molecule has 3 nitrogen and oxygen atoms in total. The van der Waals surface area contributed by atoms with E-state index in [2.05, 4.69) is 4.98 Å². The van der Waals surface area contributed by atoms with Gasteiger partial charge in [0.15, 0.2) is 5.78 Å². The summed E-state index contributed by atoms with van der Waals surface area (Å²) in [6, 6.07) is 5.53. The molecule has 1 rings (SSSR count). The van der Waals surface area contributed by atoms with Crippen molar-refractivity contribution in [2.24, 2.45) is 0 Å². The first kappa shape index (κ1) is 10.4. The Labute approximate surface area is 84.1 Å². The van der Waals surface area contributed by atoms with Crippen molar-refractivity contribution in [1.29, 1.82) is 0 Å². The van der Waals surface area contributed by atoms with Gasteiger partial charge in [-0.2, -0.15) is 0 Å². The molecule has 0 aliphatic rings. The summed E-state index contributed by atoms with van der Waals surface area (Å²) in [6.07, 6.45) is 3.46. The maximum Gasteiger partial charge on any atom is 0.163 e. The summed E-state index contributed by atoms with van der Waals surface area (Å²) in [6.45, 7) is 1.55. The zero-order valence-corrected chi connectivity index (χ0v) is 8.69. The van der Waals surface area contributed by atoms with Crippen LogP contribution in [0.1, 0.15) is 12.6 Å². The van der Waals surface area contributed by atoms with Gasteiger partial charge in [-0.25, -0.2) is 0 Å². The Morgan fingerprint density at radius 3 is 2.57 bits per heavy atom. The molecule has 0 saturated heterocycles. The van der Waals surface area contributed by atoms with Gasteiger partial charge >= 0.3 is 0 Å². The van der Waals surface area contributed by atoms with Crippen LogP contribution < -0.4 is 0 Å². The molecular weight excluding hydrogens is 176 g/mol. The molecule has 0 fully saturated rings. The number of rotatable bonds is 3. The van der Waals surface area contributed by atoms with Crippen LogP contribution in [-0.2, 0) is 4.79 Å². The van der Waals surface area contributed by atoms with E-state index in [4.69, 9.17) is 0 Å². The highest BCUT2D eigenvalue weighted by atomic mass is 16.1. The van der Waals surface area contributed by atoms with Crippen molar-refractivity contribution in [3.05, 3.63) is 36.3 Å². The molecule has 0 radical (unpaired) electrons. The molecule has 1 aromatic rings. The number of hydrogen-bond donors (Lipinski definition) is 0. The van der Waals surface area contributed by atoms with Crippen molar-refractivity contribution in [2.75, 3.05) is 14.1 Å². The number of Topliss-reactive ketones (excluding diaryl/α,β-unsaturated/α-hetero) is 1. The molecule has 1 aromatic heterocycles. The van der Waals surface area contributed by atoms with E-state index >= 15 is 0 Å². The summed E-state index contributed by atoms with van der Waals surface area (Å²) < 4.78 is 0. The summed E-state index contributed by atoms with van der Waals surface area (Å²) in [5.41, 5.74) is 1.35. The smallest absolute Gasteiger partial charge is 0.163 e. The standard InChI is InChI=1S/C11H14N2O/c1-9(14)10(8-13(2)3)11-6-4-5-7-12-11/h4-8H,1-3H3. The molecule has 0 bridgehead atoms. The Hall–Kier alpha value is -1.64. The number of allylic oxidation sites excluding steroid dienone is 1. The fourth-order valence-corrected chi connectivity index (χ4v) is 1.12. The molecule has 0 aromatic carbocycles. The van der Waals surface area contributed by atoms with Gasteiger partial charge in [0.25, 0.3) is 0 Å². The van der Waals surface area contributed by atoms with Crippen LogP contribution in [0.3, 0.4) is 0 Å². The average molecular weight is 190 g/mol. The van der Waals surface area contributed by atoms with E-state index in [0.717, 1.165) is 0 Å². The topological polar surface area (TPSA) is 33.2 Å². The fourth-order valence-electron chi connectivity index (χ4n) is 1.12. The quantitative estimate of drug-likeness (QED) is 0.678. The second kappa shape index (κ2) is 4.56. The highest BCUT2D eigenvalue weighted by molar-refractivity contribution is 6.18. The molecular formula is C11H14N2O. The van der Waals surface area contributed by atoms with Crippen molar-refractivity contribution in [1.82, 2.24) is 9.88 Å². The van der Waals surface area contributed by atoms with Gasteiger partial charge < -0.3 is 4.90 Å². The first-order chi connectivity index (χ1) is 6.61. The van der Waals surface area contributed by atoms with Gasteiger partial charge in [-0.3, -0.25) is 9.78 Å². The van der Waals surface area contributed by atoms with Crippen LogP contribution in [0, 0.1) is 0 Å². The van der Waals surface area contributed by atoms with Gasteiger partial charge in [-0.15, -0.1) is 0 Å². The lowest BCUT2D eigenvalue weighted by Crippen LogP contribution is -2.07. The number of hydrogen-bond acceptors (Lipinski definition) is 3. The third-order valence-corrected chi connectivity index (χ3v) is 1.71. The summed E-state index contributed by atoms with van der Waals surface area (Å²) in [4.78, 5) is 17.3. The van der Waals surface area contributed by atoms with E-state index in [1.807, 2.05) is 37.2 Å². The number of nitrogens with zero attached hydrogens (tertiary/aromatic N) is 2.